The van der Waals surface area contributed by atoms with Crippen LogP contribution in [0.15, 0.2) is 66.7 Å². The predicted molar refractivity (Wildman–Crippen MR) is 142 cm³/mol. The number of rotatable bonds is 10. The largest absolute Gasteiger partial charge is 0.356 e. The summed E-state index contributed by atoms with van der Waals surface area (Å²) in [6, 6.07) is 22.9. The Labute approximate surface area is 209 Å². The molecule has 1 aliphatic rings. The molecule has 3 aromatic rings. The van der Waals surface area contributed by atoms with Crippen molar-refractivity contribution in [2.24, 2.45) is 5.92 Å². The topological polar surface area (TPSA) is 61.4 Å². The third-order valence-corrected chi connectivity index (χ3v) is 6.76. The average Bonchev–Trinajstić information content (AvgIpc) is 2.91. The highest BCUT2D eigenvalue weighted by atomic mass is 16.1. The van der Waals surface area contributed by atoms with Gasteiger partial charge >= 0.3 is 0 Å². The quantitative estimate of drug-likeness (QED) is 0.435. The summed E-state index contributed by atoms with van der Waals surface area (Å²) in [7, 11) is 0. The van der Waals surface area contributed by atoms with E-state index in [1.807, 2.05) is 12.1 Å². The van der Waals surface area contributed by atoms with Gasteiger partial charge in [-0.1, -0.05) is 67.1 Å². The molecular weight excluding hydrogens is 434 g/mol. The van der Waals surface area contributed by atoms with Gasteiger partial charge in [0.1, 0.15) is 0 Å². The summed E-state index contributed by atoms with van der Waals surface area (Å²) >= 11 is 0. The van der Waals surface area contributed by atoms with Gasteiger partial charge in [0, 0.05) is 38.3 Å². The van der Waals surface area contributed by atoms with Crippen molar-refractivity contribution < 1.29 is 4.79 Å². The Morgan fingerprint density at radius 2 is 1.86 bits per heavy atom. The summed E-state index contributed by atoms with van der Waals surface area (Å²) in [5.74, 6) is 0.997. The van der Waals surface area contributed by atoms with E-state index in [-0.39, 0.29) is 11.8 Å². The summed E-state index contributed by atoms with van der Waals surface area (Å²) in [5, 5.41) is 12.1. The van der Waals surface area contributed by atoms with Crippen LogP contribution < -0.4 is 10.2 Å². The number of hydrogen-bond donors (Lipinski definition) is 1. The van der Waals surface area contributed by atoms with E-state index in [1.54, 1.807) is 0 Å². The zero-order valence-corrected chi connectivity index (χ0v) is 21.0. The molecule has 2 heterocycles. The molecule has 0 radical (unpaired) electrons. The van der Waals surface area contributed by atoms with Crippen LogP contribution in [-0.4, -0.2) is 53.7 Å². The second kappa shape index (κ2) is 12.5. The van der Waals surface area contributed by atoms with Crippen LogP contribution in [-0.2, 0) is 11.3 Å². The van der Waals surface area contributed by atoms with Gasteiger partial charge in [-0.15, -0.1) is 10.2 Å². The fourth-order valence-electron chi connectivity index (χ4n) is 4.62. The lowest BCUT2D eigenvalue weighted by Gasteiger charge is -2.32. The van der Waals surface area contributed by atoms with Gasteiger partial charge in [-0.3, -0.25) is 9.69 Å². The molecule has 6 heteroatoms. The molecule has 2 aromatic carbocycles. The first-order chi connectivity index (χ1) is 17.1. The maximum Gasteiger partial charge on any atom is 0.224 e. The zero-order valence-electron chi connectivity index (χ0n) is 21.0. The first-order valence-electron chi connectivity index (χ1n) is 12.8. The summed E-state index contributed by atoms with van der Waals surface area (Å²) in [6.07, 6.45) is 2.86. The molecule has 6 nitrogen and oxygen atoms in total. The van der Waals surface area contributed by atoms with Crippen molar-refractivity contribution in [1.82, 2.24) is 20.4 Å². The Morgan fingerprint density at radius 3 is 2.57 bits per heavy atom. The Balaban J connectivity index is 1.23. The number of hydrogen-bond acceptors (Lipinski definition) is 5. The Morgan fingerprint density at radius 1 is 1.06 bits per heavy atom. The van der Waals surface area contributed by atoms with Gasteiger partial charge in [-0.2, -0.15) is 0 Å². The highest BCUT2D eigenvalue weighted by Crippen LogP contribution is 2.23. The van der Waals surface area contributed by atoms with Crippen LogP contribution in [0, 0.1) is 12.8 Å². The molecule has 1 amide bonds. The number of carbonyl (C=O) groups is 1. The molecule has 1 aliphatic heterocycles. The lowest BCUT2D eigenvalue weighted by Crippen LogP contribution is -2.44. The molecule has 4 rings (SSSR count). The van der Waals surface area contributed by atoms with Gasteiger partial charge in [0.2, 0.25) is 5.91 Å². The molecule has 1 unspecified atom stereocenters. The van der Waals surface area contributed by atoms with Crippen molar-refractivity contribution in [2.75, 3.05) is 37.6 Å². The van der Waals surface area contributed by atoms with Gasteiger partial charge in [0.25, 0.3) is 0 Å². The van der Waals surface area contributed by atoms with Crippen LogP contribution in [0.2, 0.25) is 0 Å². The third kappa shape index (κ3) is 7.12. The number of benzene rings is 2. The van der Waals surface area contributed by atoms with Crippen LogP contribution in [0.3, 0.4) is 0 Å². The number of nitrogens with zero attached hydrogens (tertiary/aromatic N) is 4. The van der Waals surface area contributed by atoms with E-state index >= 15 is 0 Å². The lowest BCUT2D eigenvalue weighted by atomic mass is 9.97. The first-order valence-corrected chi connectivity index (χ1v) is 12.8. The maximum absolute atomic E-state index is 12.9. The second-order valence-electron chi connectivity index (χ2n) is 9.43. The minimum Gasteiger partial charge on any atom is -0.356 e. The van der Waals surface area contributed by atoms with Gasteiger partial charge in [-0.05, 0) is 50.4 Å². The predicted octanol–water partition coefficient (Wildman–Crippen LogP) is 4.70. The summed E-state index contributed by atoms with van der Waals surface area (Å²) in [5.41, 5.74) is 4.49. The van der Waals surface area contributed by atoms with Crippen molar-refractivity contribution in [3.05, 3.63) is 77.9 Å². The van der Waals surface area contributed by atoms with Crippen LogP contribution in [0.25, 0.3) is 11.3 Å². The SMILES string of the molecule is CCN(CCCNC(=O)C1CCCN(c2ccc(-c3ccc(C)cc3)nn2)C1)Cc1ccccc1. The van der Waals surface area contributed by atoms with Crippen LogP contribution in [0.4, 0.5) is 5.82 Å². The number of amides is 1. The highest BCUT2D eigenvalue weighted by molar-refractivity contribution is 5.79. The lowest BCUT2D eigenvalue weighted by molar-refractivity contribution is -0.125. The number of piperidine rings is 1. The van der Waals surface area contributed by atoms with E-state index in [2.05, 4.69) is 93.8 Å². The third-order valence-electron chi connectivity index (χ3n) is 6.76. The van der Waals surface area contributed by atoms with Crippen LogP contribution in [0.5, 0.6) is 0 Å². The van der Waals surface area contributed by atoms with E-state index in [0.29, 0.717) is 13.1 Å². The van der Waals surface area contributed by atoms with Gasteiger partial charge in [-0.25, -0.2) is 0 Å². The van der Waals surface area contributed by atoms with Crippen molar-refractivity contribution in [3.8, 4) is 11.3 Å². The minimum absolute atomic E-state index is 0.00563. The number of aryl methyl sites for hydroxylation is 1. The minimum atomic E-state index is -0.00563. The smallest absolute Gasteiger partial charge is 0.224 e. The summed E-state index contributed by atoms with van der Waals surface area (Å²) in [4.78, 5) is 17.5. The molecule has 184 valence electrons. The van der Waals surface area contributed by atoms with E-state index in [1.165, 1.54) is 11.1 Å². The molecule has 1 aromatic heterocycles. The van der Waals surface area contributed by atoms with E-state index in [4.69, 9.17) is 0 Å². The van der Waals surface area contributed by atoms with Gasteiger partial charge in [0.05, 0.1) is 11.6 Å². The standard InChI is InChI=1S/C29H37N5O/c1-3-33(21-24-9-5-4-6-10-24)19-8-18-30-29(35)26-11-7-20-34(22-26)28-17-16-27(31-32-28)25-14-12-23(2)13-15-25/h4-6,9-10,12-17,26H,3,7-8,11,18-22H2,1-2H3,(H,30,35). The van der Waals surface area contributed by atoms with Gasteiger partial charge < -0.3 is 10.2 Å². The van der Waals surface area contributed by atoms with E-state index < -0.39 is 0 Å². The Bertz CT molecular complexity index is 1050. The van der Waals surface area contributed by atoms with Crippen molar-refractivity contribution >= 4 is 11.7 Å². The van der Waals surface area contributed by atoms with E-state index in [9.17, 15) is 4.79 Å². The summed E-state index contributed by atoms with van der Waals surface area (Å²) in [6.45, 7) is 9.52. The molecule has 35 heavy (non-hydrogen) atoms. The fraction of sp³-hybridized carbons (Fsp3) is 0.414. The van der Waals surface area contributed by atoms with Crippen LogP contribution in [0.1, 0.15) is 37.3 Å². The van der Waals surface area contributed by atoms with Crippen molar-refractivity contribution in [1.29, 1.82) is 0 Å². The molecule has 0 aliphatic carbocycles. The highest BCUT2D eigenvalue weighted by Gasteiger charge is 2.26. The fourth-order valence-corrected chi connectivity index (χ4v) is 4.62. The zero-order chi connectivity index (χ0) is 24.5. The molecule has 0 saturated carbocycles. The summed E-state index contributed by atoms with van der Waals surface area (Å²) < 4.78 is 0. The molecule has 1 N–H and O–H groups in total. The van der Waals surface area contributed by atoms with Gasteiger partial charge in [0.15, 0.2) is 5.82 Å². The van der Waals surface area contributed by atoms with Crippen molar-refractivity contribution in [2.45, 2.75) is 39.7 Å². The molecule has 1 saturated heterocycles. The number of aromatic nitrogens is 2. The molecule has 0 spiro atoms. The average molecular weight is 472 g/mol. The first kappa shape index (κ1) is 24.9. The normalized spacial score (nSPS) is 15.9. The Hall–Kier alpha value is -3.25. The number of nitrogens with one attached hydrogen (secondary N) is 1. The molecular formula is C29H37N5O. The number of carbonyl (C=O) groups excluding carboxylic acids is 1. The monoisotopic (exact) mass is 471 g/mol. The van der Waals surface area contributed by atoms with Crippen LogP contribution >= 0.6 is 0 Å². The maximum atomic E-state index is 12.9. The molecule has 1 fully saturated rings. The van der Waals surface area contributed by atoms with Crippen molar-refractivity contribution in [3.63, 3.8) is 0 Å². The number of anilines is 1. The van der Waals surface area contributed by atoms with E-state index in [0.717, 1.165) is 62.5 Å². The molecule has 1 atom stereocenters. The molecule has 0 bridgehead atoms. The Kier molecular flexibility index (Phi) is 8.85. The second-order valence-corrected chi connectivity index (χ2v) is 9.43.